The topological polar surface area (TPSA) is 125 Å². The maximum Gasteiger partial charge on any atom is 0.339 e. The highest BCUT2D eigenvalue weighted by Gasteiger charge is 2.19. The van der Waals surface area contributed by atoms with E-state index in [0.29, 0.717) is 26.4 Å². The standard InChI is InChI=1S/C24H17BrClN3O5S/c1-15(30)28-19-7-9-21(10-8-19)35(32,33)34-23-11-2-16(13-22(23)25)12-17(14-27)24(31)29-20-5-3-18(26)4-6-20/h2-13H,1H3,(H,28,30)(H,29,31)/b17-12+. The Hall–Kier alpha value is -3.65. The van der Waals surface area contributed by atoms with Crippen LogP contribution in [-0.4, -0.2) is 20.2 Å². The number of carbonyl (C=O) groups excluding carboxylic acids is 2. The first-order valence-corrected chi connectivity index (χ1v) is 12.5. The number of halogens is 2. The van der Waals surface area contributed by atoms with E-state index in [0.717, 1.165) is 0 Å². The van der Waals surface area contributed by atoms with Gasteiger partial charge in [-0.15, -0.1) is 0 Å². The SMILES string of the molecule is CC(=O)Nc1ccc(S(=O)(=O)Oc2ccc(/C=C(\C#N)C(=O)Nc3ccc(Cl)cc3)cc2Br)cc1. The summed E-state index contributed by atoms with van der Waals surface area (Å²) in [5.74, 6) is -0.884. The summed E-state index contributed by atoms with van der Waals surface area (Å²) in [4.78, 5) is 23.4. The molecule has 3 rings (SSSR count). The van der Waals surface area contributed by atoms with Crippen molar-refractivity contribution in [2.24, 2.45) is 0 Å². The number of nitriles is 1. The third-order valence-electron chi connectivity index (χ3n) is 4.40. The molecule has 0 aliphatic rings. The molecule has 0 atom stereocenters. The Balaban J connectivity index is 1.76. The fourth-order valence-corrected chi connectivity index (χ4v) is 4.45. The Bertz CT molecular complexity index is 1450. The van der Waals surface area contributed by atoms with Crippen molar-refractivity contribution in [2.45, 2.75) is 11.8 Å². The third kappa shape index (κ3) is 7.16. The number of nitrogens with one attached hydrogen (secondary N) is 2. The molecule has 0 aliphatic carbocycles. The van der Waals surface area contributed by atoms with Gasteiger partial charge in [-0.2, -0.15) is 13.7 Å². The average molecular weight is 575 g/mol. The number of rotatable bonds is 7. The summed E-state index contributed by atoms with van der Waals surface area (Å²) < 4.78 is 30.8. The monoisotopic (exact) mass is 573 g/mol. The summed E-state index contributed by atoms with van der Waals surface area (Å²) in [5, 5.41) is 15.1. The van der Waals surface area contributed by atoms with E-state index in [9.17, 15) is 23.3 Å². The number of carbonyl (C=O) groups is 2. The first-order valence-electron chi connectivity index (χ1n) is 9.88. The highest BCUT2D eigenvalue weighted by Crippen LogP contribution is 2.30. The van der Waals surface area contributed by atoms with Crippen molar-refractivity contribution in [3.05, 3.63) is 87.4 Å². The summed E-state index contributed by atoms with van der Waals surface area (Å²) in [5.41, 5.74) is 1.22. The van der Waals surface area contributed by atoms with Crippen LogP contribution in [0.3, 0.4) is 0 Å². The van der Waals surface area contributed by atoms with Gasteiger partial charge in [0.1, 0.15) is 16.5 Å². The summed E-state index contributed by atoms with van der Waals surface area (Å²) in [7, 11) is -4.16. The molecule has 35 heavy (non-hydrogen) atoms. The number of hydrogen-bond acceptors (Lipinski definition) is 6. The Kier molecular flexibility index (Phi) is 8.30. The zero-order valence-corrected chi connectivity index (χ0v) is 21.2. The number of benzene rings is 3. The van der Waals surface area contributed by atoms with Crippen molar-refractivity contribution in [2.75, 3.05) is 10.6 Å². The first-order chi connectivity index (χ1) is 16.6. The smallest absolute Gasteiger partial charge is 0.339 e. The van der Waals surface area contributed by atoms with Crippen molar-refractivity contribution in [1.29, 1.82) is 5.26 Å². The lowest BCUT2D eigenvalue weighted by molar-refractivity contribution is -0.114. The van der Waals surface area contributed by atoms with Gasteiger partial charge < -0.3 is 14.8 Å². The van der Waals surface area contributed by atoms with Gasteiger partial charge in [0.2, 0.25) is 5.91 Å². The fourth-order valence-electron chi connectivity index (χ4n) is 2.80. The van der Waals surface area contributed by atoms with Crippen LogP contribution in [0.5, 0.6) is 5.75 Å². The summed E-state index contributed by atoms with van der Waals surface area (Å²) in [6, 6.07) is 18.2. The van der Waals surface area contributed by atoms with Crippen LogP contribution in [0.2, 0.25) is 5.02 Å². The Morgan fingerprint density at radius 3 is 2.17 bits per heavy atom. The molecular formula is C24H17BrClN3O5S. The molecule has 8 nitrogen and oxygen atoms in total. The minimum Gasteiger partial charge on any atom is -0.378 e. The Labute approximate surface area is 215 Å². The van der Waals surface area contributed by atoms with Gasteiger partial charge in [-0.25, -0.2) is 0 Å². The van der Waals surface area contributed by atoms with E-state index in [2.05, 4.69) is 26.6 Å². The van der Waals surface area contributed by atoms with Crippen LogP contribution in [0.4, 0.5) is 11.4 Å². The molecule has 3 aromatic rings. The number of nitrogens with zero attached hydrogens (tertiary/aromatic N) is 1. The van der Waals surface area contributed by atoms with E-state index < -0.39 is 16.0 Å². The van der Waals surface area contributed by atoms with Gasteiger partial charge in [0.25, 0.3) is 5.91 Å². The molecule has 11 heteroatoms. The number of amides is 2. The molecule has 0 aliphatic heterocycles. The lowest BCUT2D eigenvalue weighted by Crippen LogP contribution is -2.13. The van der Waals surface area contributed by atoms with Gasteiger partial charge in [0.15, 0.2) is 5.75 Å². The molecule has 0 saturated carbocycles. The predicted molar refractivity (Wildman–Crippen MR) is 136 cm³/mol. The second-order valence-corrected chi connectivity index (χ2v) is 9.90. The summed E-state index contributed by atoms with van der Waals surface area (Å²) in [6.07, 6.45) is 1.36. The average Bonchev–Trinajstić information content (AvgIpc) is 2.80. The first kappa shape index (κ1) is 26.0. The molecule has 0 aromatic heterocycles. The van der Waals surface area contributed by atoms with Crippen LogP contribution >= 0.6 is 27.5 Å². The molecular weight excluding hydrogens is 558 g/mol. The molecule has 0 spiro atoms. The van der Waals surface area contributed by atoms with E-state index in [-0.39, 0.29) is 22.1 Å². The second kappa shape index (κ2) is 11.2. The van der Waals surface area contributed by atoms with Crippen LogP contribution in [0.1, 0.15) is 12.5 Å². The van der Waals surface area contributed by atoms with Gasteiger partial charge in [-0.1, -0.05) is 17.7 Å². The van der Waals surface area contributed by atoms with E-state index in [1.165, 1.54) is 55.5 Å². The van der Waals surface area contributed by atoms with Crippen molar-refractivity contribution in [3.63, 3.8) is 0 Å². The molecule has 2 amide bonds. The number of anilines is 2. The molecule has 178 valence electrons. The van der Waals surface area contributed by atoms with Crippen molar-refractivity contribution in [3.8, 4) is 11.8 Å². The molecule has 0 unspecified atom stereocenters. The fraction of sp³-hybridized carbons (Fsp3) is 0.0417. The van der Waals surface area contributed by atoms with Gasteiger partial charge in [-0.05, 0) is 88.2 Å². The molecule has 0 heterocycles. The van der Waals surface area contributed by atoms with Crippen molar-refractivity contribution >= 4 is 66.9 Å². The quantitative estimate of drug-likeness (QED) is 0.222. The van der Waals surface area contributed by atoms with Crippen molar-refractivity contribution in [1.82, 2.24) is 0 Å². The summed E-state index contributed by atoms with van der Waals surface area (Å²) >= 11 is 9.09. The largest absolute Gasteiger partial charge is 0.378 e. The van der Waals surface area contributed by atoms with Gasteiger partial charge in [0, 0.05) is 23.3 Å². The van der Waals surface area contributed by atoms with Crippen LogP contribution < -0.4 is 14.8 Å². The molecule has 0 bridgehead atoms. The van der Waals surface area contributed by atoms with E-state index in [1.54, 1.807) is 24.3 Å². The minimum absolute atomic E-state index is 0.0113. The highest BCUT2D eigenvalue weighted by molar-refractivity contribution is 9.10. The minimum atomic E-state index is -4.16. The lowest BCUT2D eigenvalue weighted by atomic mass is 10.1. The van der Waals surface area contributed by atoms with E-state index >= 15 is 0 Å². The molecule has 3 aromatic carbocycles. The normalized spacial score (nSPS) is 11.3. The van der Waals surface area contributed by atoms with Gasteiger partial charge in [-0.3, -0.25) is 9.59 Å². The van der Waals surface area contributed by atoms with E-state index in [4.69, 9.17) is 15.8 Å². The number of hydrogen-bond donors (Lipinski definition) is 2. The lowest BCUT2D eigenvalue weighted by Gasteiger charge is -2.10. The molecule has 0 saturated heterocycles. The van der Waals surface area contributed by atoms with E-state index in [1.807, 2.05) is 6.07 Å². The van der Waals surface area contributed by atoms with Crippen LogP contribution in [-0.2, 0) is 19.7 Å². The molecule has 2 N–H and O–H groups in total. The molecule has 0 fully saturated rings. The van der Waals surface area contributed by atoms with Gasteiger partial charge in [0.05, 0.1) is 4.47 Å². The van der Waals surface area contributed by atoms with Crippen LogP contribution in [0, 0.1) is 11.3 Å². The van der Waals surface area contributed by atoms with Gasteiger partial charge >= 0.3 is 10.1 Å². The second-order valence-electron chi connectivity index (χ2n) is 7.06. The van der Waals surface area contributed by atoms with Crippen LogP contribution in [0.25, 0.3) is 6.08 Å². The highest BCUT2D eigenvalue weighted by atomic mass is 79.9. The third-order valence-corrected chi connectivity index (χ3v) is 6.52. The Morgan fingerprint density at radius 2 is 1.60 bits per heavy atom. The predicted octanol–water partition coefficient (Wildman–Crippen LogP) is 5.37. The summed E-state index contributed by atoms with van der Waals surface area (Å²) in [6.45, 7) is 1.34. The molecule has 0 radical (unpaired) electrons. The van der Waals surface area contributed by atoms with Crippen LogP contribution in [0.15, 0.2) is 81.7 Å². The maximum atomic E-state index is 12.6. The zero-order valence-electron chi connectivity index (χ0n) is 18.1. The zero-order chi connectivity index (χ0) is 25.6. The van der Waals surface area contributed by atoms with Crippen molar-refractivity contribution < 1.29 is 22.2 Å². The Morgan fingerprint density at radius 1 is 1.00 bits per heavy atom. The maximum absolute atomic E-state index is 12.6.